The molecule has 0 radical (unpaired) electrons. The minimum Gasteiger partial charge on any atom is -0.497 e. The fourth-order valence-corrected chi connectivity index (χ4v) is 1.90. The molecule has 108 valence electrons. The SMILES string of the molecule is COc1ccc(C#N)c(NCCCOc2ccccc2)c1. The molecule has 1 N–H and O–H groups in total. The van der Waals surface area contributed by atoms with Gasteiger partial charge in [-0.15, -0.1) is 0 Å². The largest absolute Gasteiger partial charge is 0.497 e. The smallest absolute Gasteiger partial charge is 0.121 e. The second kappa shape index (κ2) is 7.81. The van der Waals surface area contributed by atoms with Crippen molar-refractivity contribution in [1.82, 2.24) is 0 Å². The first-order valence-corrected chi connectivity index (χ1v) is 6.83. The van der Waals surface area contributed by atoms with Crippen LogP contribution in [0, 0.1) is 11.3 Å². The summed E-state index contributed by atoms with van der Waals surface area (Å²) in [6.07, 6.45) is 0.844. The third-order valence-electron chi connectivity index (χ3n) is 3.00. The van der Waals surface area contributed by atoms with Crippen LogP contribution in [0.3, 0.4) is 0 Å². The van der Waals surface area contributed by atoms with Crippen molar-refractivity contribution in [2.75, 3.05) is 25.6 Å². The van der Waals surface area contributed by atoms with E-state index in [2.05, 4.69) is 11.4 Å². The van der Waals surface area contributed by atoms with Gasteiger partial charge in [0.2, 0.25) is 0 Å². The Labute approximate surface area is 124 Å². The van der Waals surface area contributed by atoms with Crippen LogP contribution in [0.15, 0.2) is 48.5 Å². The van der Waals surface area contributed by atoms with E-state index in [1.165, 1.54) is 0 Å². The first-order valence-electron chi connectivity index (χ1n) is 6.83. The molecule has 0 heterocycles. The maximum absolute atomic E-state index is 9.08. The highest BCUT2D eigenvalue weighted by molar-refractivity contribution is 5.60. The number of benzene rings is 2. The summed E-state index contributed by atoms with van der Waals surface area (Å²) in [7, 11) is 1.61. The van der Waals surface area contributed by atoms with Gasteiger partial charge in [-0.2, -0.15) is 5.26 Å². The van der Waals surface area contributed by atoms with E-state index in [1.807, 2.05) is 36.4 Å². The van der Waals surface area contributed by atoms with Crippen LogP contribution in [0.4, 0.5) is 5.69 Å². The number of nitrogens with zero attached hydrogens (tertiary/aromatic N) is 1. The summed E-state index contributed by atoms with van der Waals surface area (Å²) < 4.78 is 10.8. The van der Waals surface area contributed by atoms with Gasteiger partial charge in [0.15, 0.2) is 0 Å². The zero-order chi connectivity index (χ0) is 14.9. The van der Waals surface area contributed by atoms with E-state index >= 15 is 0 Å². The lowest BCUT2D eigenvalue weighted by Gasteiger charge is -2.10. The van der Waals surface area contributed by atoms with Gasteiger partial charge in [-0.1, -0.05) is 18.2 Å². The summed E-state index contributed by atoms with van der Waals surface area (Å²) in [5.41, 5.74) is 1.40. The number of ether oxygens (including phenoxy) is 2. The van der Waals surface area contributed by atoms with Crippen molar-refractivity contribution in [2.45, 2.75) is 6.42 Å². The molecule has 0 amide bonds. The van der Waals surface area contributed by atoms with E-state index < -0.39 is 0 Å². The van der Waals surface area contributed by atoms with Crippen LogP contribution in [0.5, 0.6) is 11.5 Å². The Morgan fingerprint density at radius 2 is 1.90 bits per heavy atom. The predicted octanol–water partition coefficient (Wildman–Crippen LogP) is 3.45. The summed E-state index contributed by atoms with van der Waals surface area (Å²) in [4.78, 5) is 0. The summed E-state index contributed by atoms with van der Waals surface area (Å²) in [5.74, 6) is 1.61. The molecule has 4 heteroatoms. The average Bonchev–Trinajstić information content (AvgIpc) is 2.55. The molecule has 0 fully saturated rings. The molecule has 0 spiro atoms. The second-order valence-corrected chi connectivity index (χ2v) is 4.47. The molecule has 0 unspecified atom stereocenters. The van der Waals surface area contributed by atoms with Gasteiger partial charge < -0.3 is 14.8 Å². The van der Waals surface area contributed by atoms with Gasteiger partial charge in [-0.25, -0.2) is 0 Å². The molecule has 4 nitrogen and oxygen atoms in total. The Balaban J connectivity index is 1.79. The zero-order valence-corrected chi connectivity index (χ0v) is 12.0. The molecule has 0 aromatic heterocycles. The third kappa shape index (κ3) is 4.43. The lowest BCUT2D eigenvalue weighted by Crippen LogP contribution is -2.08. The van der Waals surface area contributed by atoms with Crippen LogP contribution < -0.4 is 14.8 Å². The van der Waals surface area contributed by atoms with Crippen molar-refractivity contribution < 1.29 is 9.47 Å². The molecule has 0 atom stereocenters. The van der Waals surface area contributed by atoms with Crippen molar-refractivity contribution in [3.8, 4) is 17.6 Å². The minimum atomic E-state index is 0.611. The molecular formula is C17H18N2O2. The van der Waals surface area contributed by atoms with Gasteiger partial charge in [0.1, 0.15) is 17.6 Å². The highest BCUT2D eigenvalue weighted by atomic mass is 16.5. The maximum atomic E-state index is 9.08. The van der Waals surface area contributed by atoms with Crippen LogP contribution in [0.1, 0.15) is 12.0 Å². The lowest BCUT2D eigenvalue weighted by atomic mass is 10.2. The van der Waals surface area contributed by atoms with E-state index in [0.717, 1.165) is 30.2 Å². The molecule has 0 bridgehead atoms. The fourth-order valence-electron chi connectivity index (χ4n) is 1.90. The molecule has 2 aromatic rings. The van der Waals surface area contributed by atoms with Crippen molar-refractivity contribution in [3.05, 3.63) is 54.1 Å². The molecular weight excluding hydrogens is 264 g/mol. The van der Waals surface area contributed by atoms with Crippen LogP contribution in [0.25, 0.3) is 0 Å². The molecule has 2 aromatic carbocycles. The number of hydrogen-bond donors (Lipinski definition) is 1. The number of hydrogen-bond acceptors (Lipinski definition) is 4. The predicted molar refractivity (Wildman–Crippen MR) is 82.8 cm³/mol. The number of anilines is 1. The van der Waals surface area contributed by atoms with Gasteiger partial charge in [-0.3, -0.25) is 0 Å². The summed E-state index contributed by atoms with van der Waals surface area (Å²) in [6.45, 7) is 1.36. The van der Waals surface area contributed by atoms with E-state index in [4.69, 9.17) is 14.7 Å². The van der Waals surface area contributed by atoms with E-state index in [1.54, 1.807) is 19.2 Å². The standard InChI is InChI=1S/C17H18N2O2/c1-20-16-9-8-14(13-18)17(12-16)19-10-5-11-21-15-6-3-2-4-7-15/h2-4,6-9,12,19H,5,10-11H2,1H3. The van der Waals surface area contributed by atoms with Gasteiger partial charge >= 0.3 is 0 Å². The number of nitrogens with one attached hydrogen (secondary N) is 1. The number of nitriles is 1. The second-order valence-electron chi connectivity index (χ2n) is 4.47. The topological polar surface area (TPSA) is 54.3 Å². The van der Waals surface area contributed by atoms with Gasteiger partial charge in [-0.05, 0) is 30.7 Å². The molecule has 0 saturated carbocycles. The summed E-state index contributed by atoms with van der Waals surface area (Å²) in [5, 5.41) is 12.3. The molecule has 21 heavy (non-hydrogen) atoms. The molecule has 2 rings (SSSR count). The van der Waals surface area contributed by atoms with E-state index in [-0.39, 0.29) is 0 Å². The summed E-state index contributed by atoms with van der Waals surface area (Å²) in [6, 6.07) is 17.2. The van der Waals surface area contributed by atoms with Gasteiger partial charge in [0.05, 0.1) is 25.0 Å². The number of para-hydroxylation sites is 1. The molecule has 0 aliphatic rings. The van der Waals surface area contributed by atoms with Crippen LogP contribution in [-0.4, -0.2) is 20.3 Å². The first kappa shape index (κ1) is 14.7. The first-order chi connectivity index (χ1) is 10.3. The number of methoxy groups -OCH3 is 1. The summed E-state index contributed by atoms with van der Waals surface area (Å²) >= 11 is 0. The molecule has 0 aliphatic heterocycles. The van der Waals surface area contributed by atoms with Crippen molar-refractivity contribution in [1.29, 1.82) is 5.26 Å². The Morgan fingerprint density at radius 3 is 2.62 bits per heavy atom. The maximum Gasteiger partial charge on any atom is 0.121 e. The van der Waals surface area contributed by atoms with Crippen LogP contribution in [0.2, 0.25) is 0 Å². The van der Waals surface area contributed by atoms with Gasteiger partial charge in [0, 0.05) is 12.6 Å². The average molecular weight is 282 g/mol. The normalized spacial score (nSPS) is 9.71. The fraction of sp³-hybridized carbons (Fsp3) is 0.235. The number of rotatable bonds is 7. The Morgan fingerprint density at radius 1 is 1.10 bits per heavy atom. The van der Waals surface area contributed by atoms with Crippen molar-refractivity contribution >= 4 is 5.69 Å². The Hall–Kier alpha value is -2.67. The van der Waals surface area contributed by atoms with Crippen molar-refractivity contribution in [3.63, 3.8) is 0 Å². The highest BCUT2D eigenvalue weighted by Gasteiger charge is 2.03. The minimum absolute atomic E-state index is 0.611. The lowest BCUT2D eigenvalue weighted by molar-refractivity contribution is 0.315. The quantitative estimate of drug-likeness (QED) is 0.790. The van der Waals surface area contributed by atoms with Crippen LogP contribution in [-0.2, 0) is 0 Å². The highest BCUT2D eigenvalue weighted by Crippen LogP contribution is 2.21. The van der Waals surface area contributed by atoms with E-state index in [9.17, 15) is 0 Å². The van der Waals surface area contributed by atoms with Gasteiger partial charge in [0.25, 0.3) is 0 Å². The third-order valence-corrected chi connectivity index (χ3v) is 3.00. The Bertz CT molecular complexity index is 606. The molecule has 0 aliphatic carbocycles. The zero-order valence-electron chi connectivity index (χ0n) is 12.0. The van der Waals surface area contributed by atoms with Crippen molar-refractivity contribution in [2.24, 2.45) is 0 Å². The molecule has 0 saturated heterocycles. The van der Waals surface area contributed by atoms with E-state index in [0.29, 0.717) is 12.2 Å². The Kier molecular flexibility index (Phi) is 5.48. The van der Waals surface area contributed by atoms with Crippen LogP contribution >= 0.6 is 0 Å². The monoisotopic (exact) mass is 282 g/mol.